The van der Waals surface area contributed by atoms with Crippen LogP contribution in [0.25, 0.3) is 55.3 Å². The number of ketones is 1. The Balaban J connectivity index is 0.000000133. The number of nitrogens with one attached hydrogen (secondary N) is 5. The molecule has 0 atom stereocenters. The number of aromatic nitrogens is 4. The fraction of sp³-hybridized carbons (Fsp3) is 0.123. The van der Waals surface area contributed by atoms with E-state index >= 15 is 0 Å². The summed E-state index contributed by atoms with van der Waals surface area (Å²) in [5.41, 5.74) is 24.5. The number of aromatic amines is 2. The second-order valence-electron chi connectivity index (χ2n) is 19.3. The highest BCUT2D eigenvalue weighted by molar-refractivity contribution is 7.80. The van der Waals surface area contributed by atoms with E-state index in [2.05, 4.69) is 79.1 Å². The molecule has 3 aliphatic heterocycles. The monoisotopic (exact) mass is 1160 g/mol. The third kappa shape index (κ3) is 14.3. The molecule has 4 aromatic heterocycles. The third-order valence-electron chi connectivity index (χ3n) is 13.2. The summed E-state index contributed by atoms with van der Waals surface area (Å²) in [4.78, 5) is 62.6. The van der Waals surface area contributed by atoms with Gasteiger partial charge in [-0.25, -0.2) is 9.97 Å². The molecule has 3 aliphatic rings. The van der Waals surface area contributed by atoms with E-state index in [0.29, 0.717) is 29.0 Å². The van der Waals surface area contributed by atoms with Crippen LogP contribution in [0.15, 0.2) is 168 Å². The van der Waals surface area contributed by atoms with Crippen LogP contribution in [0.3, 0.4) is 0 Å². The summed E-state index contributed by atoms with van der Waals surface area (Å²) in [5, 5.41) is 14.6. The van der Waals surface area contributed by atoms with Crippen molar-refractivity contribution >= 4 is 104 Å². The normalized spacial score (nSPS) is 12.8. The van der Waals surface area contributed by atoms with Crippen molar-refractivity contribution in [2.45, 2.75) is 40.5 Å². The summed E-state index contributed by atoms with van der Waals surface area (Å²) in [6.07, 6.45) is 2.74. The first-order valence-electron chi connectivity index (χ1n) is 26.0. The number of rotatable bonds is 9. The number of thiazole rings is 2. The van der Waals surface area contributed by atoms with Crippen molar-refractivity contribution in [2.24, 2.45) is 5.73 Å². The molecular weight excluding hydrogens is 1100 g/mol. The Morgan fingerprint density at radius 2 is 1.12 bits per heavy atom. The van der Waals surface area contributed by atoms with E-state index in [-0.39, 0.29) is 29.4 Å². The highest BCUT2D eigenvalue weighted by Gasteiger charge is 2.26. The van der Waals surface area contributed by atoms with Gasteiger partial charge in [-0.2, -0.15) is 0 Å². The van der Waals surface area contributed by atoms with Crippen molar-refractivity contribution in [3.63, 3.8) is 0 Å². The van der Waals surface area contributed by atoms with Crippen molar-refractivity contribution in [3.8, 4) is 49.5 Å². The summed E-state index contributed by atoms with van der Waals surface area (Å²) < 4.78 is 5.01. The molecule has 6 aromatic carbocycles. The molecule has 0 radical (unpaired) electrons. The number of hydrogen-bond acceptors (Lipinski definition) is 10. The highest BCUT2D eigenvalue weighted by Crippen LogP contribution is 2.38. The number of carbonyl (C=O) groups excluding carboxylic acids is 4. The van der Waals surface area contributed by atoms with Crippen molar-refractivity contribution < 1.29 is 23.9 Å². The molecule has 0 spiro atoms. The zero-order valence-corrected chi connectivity index (χ0v) is 48.7. The summed E-state index contributed by atoms with van der Waals surface area (Å²) >= 11 is 13.4. The zero-order chi connectivity index (χ0) is 57.9. The minimum atomic E-state index is -0.117. The predicted molar refractivity (Wildman–Crippen MR) is 338 cm³/mol. The Morgan fingerprint density at radius 1 is 0.610 bits per heavy atom. The summed E-state index contributed by atoms with van der Waals surface area (Å²) in [7, 11) is 1.66. The molecule has 17 heteroatoms. The Hall–Kier alpha value is -9.06. The Morgan fingerprint density at radius 3 is 1.61 bits per heavy atom. The lowest BCUT2D eigenvalue weighted by molar-refractivity contribution is -0.115. The van der Waals surface area contributed by atoms with Gasteiger partial charge in [-0.3, -0.25) is 19.2 Å². The standard InChI is InChI=1S/C24H19N3OS.C17H12N2OS.C10H8ClNO2.C7H11NO.C7H7NS/c1-14-10-15(2)25-21(14)12-19-18-11-17(8-9-20(18)26-23(19)28)22-13-29-24(27-22)16-6-4-3-5-7-16;20-16-9-13-8-12(6-7-14(13)18-16)15-10-21-17(19-15)11-4-2-1-3-5-11;11-5-9(13)6-1-2-8-7(3-6)4-10(14)12-8;1-5-4-6(2)8-7(5)9-3;8-7(9)6-4-2-1-3-5-6/h3-13,25H,1-2H3,(H,26,28);1-8,10H,9H2,(H,18,20);1-3H,4-5H2,(H,12,14);4,8H,1-3H3;1-5H,(H2,8,9)/b19-12-;;;;. The van der Waals surface area contributed by atoms with Gasteiger partial charge in [0, 0.05) is 89.4 Å². The van der Waals surface area contributed by atoms with E-state index in [1.165, 1.54) is 0 Å². The van der Waals surface area contributed by atoms with Crippen molar-refractivity contribution in [1.82, 2.24) is 19.9 Å². The van der Waals surface area contributed by atoms with Crippen LogP contribution in [0.1, 0.15) is 60.8 Å². The number of nitrogens with zero attached hydrogens (tertiary/aromatic N) is 2. The fourth-order valence-corrected chi connectivity index (χ4v) is 11.1. The molecule has 0 bridgehead atoms. The number of methoxy groups -OCH3 is 1. The van der Waals surface area contributed by atoms with Gasteiger partial charge < -0.3 is 36.4 Å². The maximum atomic E-state index is 12.6. The van der Waals surface area contributed by atoms with Crippen LogP contribution < -0.4 is 26.4 Å². The van der Waals surface area contributed by atoms with E-state index in [1.54, 1.807) is 48.0 Å². The van der Waals surface area contributed by atoms with Crippen LogP contribution in [0.5, 0.6) is 5.88 Å². The highest BCUT2D eigenvalue weighted by atomic mass is 35.5. The molecular formula is C65H57ClN8O5S3. The predicted octanol–water partition coefficient (Wildman–Crippen LogP) is 14.5. The molecule has 0 saturated carbocycles. The number of anilines is 3. The fourth-order valence-electron chi connectivity index (χ4n) is 9.16. The number of hydrogen-bond donors (Lipinski definition) is 6. The molecule has 0 saturated heterocycles. The molecule has 13 nitrogen and oxygen atoms in total. The molecule has 3 amide bonds. The molecule has 412 valence electrons. The van der Waals surface area contributed by atoms with Gasteiger partial charge in [-0.15, -0.1) is 34.3 Å². The van der Waals surface area contributed by atoms with E-state index in [1.807, 2.05) is 131 Å². The maximum absolute atomic E-state index is 12.6. The lowest BCUT2D eigenvalue weighted by Gasteiger charge is -2.03. The second kappa shape index (κ2) is 26.5. The summed E-state index contributed by atoms with van der Waals surface area (Å²) in [6, 6.07) is 51.2. The van der Waals surface area contributed by atoms with Gasteiger partial charge in [0.2, 0.25) is 11.8 Å². The Kier molecular flexibility index (Phi) is 18.6. The Labute approximate surface area is 493 Å². The van der Waals surface area contributed by atoms with Crippen molar-refractivity contribution in [3.05, 3.63) is 225 Å². The van der Waals surface area contributed by atoms with Crippen molar-refractivity contribution in [1.29, 1.82) is 0 Å². The molecule has 0 fully saturated rings. The molecule has 10 aromatic rings. The lowest BCUT2D eigenvalue weighted by Crippen LogP contribution is -2.08. The minimum Gasteiger partial charge on any atom is -0.482 e. The van der Waals surface area contributed by atoms with Gasteiger partial charge >= 0.3 is 0 Å². The SMILES string of the molecule is COc1[nH]c(C)cc1C.Cc1cc(C)c(/C=C2\C(=O)Nc3ccc(-c4csc(-c5ccccc5)n4)cc32)[nH]1.NC(=S)c1ccccc1.O=C1Cc2cc(-c3csc(-c4ccccc4)n3)ccc2N1.O=C1Cc2cc(C(=O)CCl)ccc2N1. The van der Waals surface area contributed by atoms with Crippen LogP contribution in [-0.2, 0) is 27.2 Å². The third-order valence-corrected chi connectivity index (χ3v) is 15.5. The van der Waals surface area contributed by atoms with Gasteiger partial charge in [0.15, 0.2) is 11.7 Å². The number of Topliss-reactive ketones (excluding diaryl/α,β-unsaturated/α-hetero) is 1. The average molecular weight is 1160 g/mol. The van der Waals surface area contributed by atoms with E-state index in [9.17, 15) is 19.2 Å². The molecule has 0 aliphatic carbocycles. The number of fused-ring (bicyclic) bond motifs is 3. The number of amides is 3. The number of carbonyl (C=O) groups is 4. The van der Waals surface area contributed by atoms with Gasteiger partial charge in [0.05, 0.1) is 42.8 Å². The number of thiocarbonyl (C=S) groups is 1. The number of ether oxygens (including phenoxy) is 1. The van der Waals surface area contributed by atoms with E-state index in [0.717, 1.165) is 117 Å². The van der Waals surface area contributed by atoms with Crippen LogP contribution in [0.4, 0.5) is 17.1 Å². The van der Waals surface area contributed by atoms with Gasteiger partial charge in [-0.05, 0) is 105 Å². The smallest absolute Gasteiger partial charge is 0.256 e. The number of halogens is 1. The molecule has 82 heavy (non-hydrogen) atoms. The maximum Gasteiger partial charge on any atom is 0.256 e. The van der Waals surface area contributed by atoms with Crippen molar-refractivity contribution in [2.75, 3.05) is 28.9 Å². The summed E-state index contributed by atoms with van der Waals surface area (Å²) in [5.74, 6) is 0.675. The van der Waals surface area contributed by atoms with Crippen LogP contribution in [0.2, 0.25) is 0 Å². The quantitative estimate of drug-likeness (QED) is 0.0353. The molecule has 7 heterocycles. The number of benzene rings is 6. The van der Waals surface area contributed by atoms with Crippen LogP contribution in [0, 0.1) is 27.7 Å². The number of aryl methyl sites for hydroxylation is 4. The number of H-pyrrole nitrogens is 2. The molecule has 13 rings (SSSR count). The molecule has 7 N–H and O–H groups in total. The van der Waals surface area contributed by atoms with Gasteiger partial charge in [-0.1, -0.05) is 115 Å². The first-order chi connectivity index (χ1) is 39.6. The first-order valence-corrected chi connectivity index (χ1v) is 28.7. The second-order valence-corrected chi connectivity index (χ2v) is 21.7. The number of nitrogens with two attached hydrogens (primary N) is 1. The topological polar surface area (TPSA) is 197 Å². The average Bonchev–Trinajstić information content (AvgIpc) is 4.52. The lowest BCUT2D eigenvalue weighted by atomic mass is 10.0. The van der Waals surface area contributed by atoms with E-state index < -0.39 is 0 Å². The Bertz CT molecular complexity index is 4000. The largest absolute Gasteiger partial charge is 0.482 e. The van der Waals surface area contributed by atoms with Gasteiger partial charge in [0.1, 0.15) is 15.0 Å². The first kappa shape index (κ1) is 57.6. The number of alkyl halides is 1. The molecule has 0 unspecified atom stereocenters. The van der Waals surface area contributed by atoms with Crippen LogP contribution in [-0.4, -0.2) is 61.4 Å². The van der Waals surface area contributed by atoms with E-state index in [4.69, 9.17) is 44.3 Å². The summed E-state index contributed by atoms with van der Waals surface area (Å²) in [6.45, 7) is 8.08. The minimum absolute atomic E-state index is 0.0276. The van der Waals surface area contributed by atoms with Crippen LogP contribution >= 0.6 is 46.5 Å². The van der Waals surface area contributed by atoms with Gasteiger partial charge in [0.25, 0.3) is 5.91 Å². The zero-order valence-electron chi connectivity index (χ0n) is 45.5.